The van der Waals surface area contributed by atoms with Crippen molar-refractivity contribution in [3.63, 3.8) is 0 Å². The van der Waals surface area contributed by atoms with Gasteiger partial charge in [0.25, 0.3) is 0 Å². The van der Waals surface area contributed by atoms with E-state index in [-0.39, 0.29) is 24.0 Å². The lowest BCUT2D eigenvalue weighted by Crippen LogP contribution is -2.47. The molecule has 0 saturated carbocycles. The monoisotopic (exact) mass is 391 g/mol. The first-order valence-electron chi connectivity index (χ1n) is 7.06. The predicted octanol–water partition coefficient (Wildman–Crippen LogP) is 2.27. The van der Waals surface area contributed by atoms with Crippen molar-refractivity contribution < 1.29 is 9.15 Å². The molecule has 0 amide bonds. The largest absolute Gasteiger partial charge is 0.472 e. The van der Waals surface area contributed by atoms with E-state index in [1.807, 2.05) is 6.07 Å². The quantitative estimate of drug-likeness (QED) is 0.470. The van der Waals surface area contributed by atoms with Gasteiger partial charge in [0, 0.05) is 12.1 Å². The van der Waals surface area contributed by atoms with Crippen molar-refractivity contribution in [1.82, 2.24) is 10.6 Å². The van der Waals surface area contributed by atoms with Crippen LogP contribution in [-0.2, 0) is 11.3 Å². The van der Waals surface area contributed by atoms with Crippen LogP contribution in [0, 0.1) is 0 Å². The zero-order chi connectivity index (χ0) is 13.1. The molecule has 1 aromatic rings. The first-order valence-corrected chi connectivity index (χ1v) is 7.06. The van der Waals surface area contributed by atoms with E-state index in [0.29, 0.717) is 24.8 Å². The highest BCUT2D eigenvalue weighted by atomic mass is 127. The molecule has 2 N–H and O–H groups in total. The van der Waals surface area contributed by atoms with Crippen LogP contribution in [0.3, 0.4) is 0 Å². The van der Waals surface area contributed by atoms with Crippen molar-refractivity contribution in [3.8, 4) is 0 Å². The van der Waals surface area contributed by atoms with E-state index in [0.717, 1.165) is 24.5 Å². The number of aliphatic imine (C=N–C) groups is 1. The van der Waals surface area contributed by atoms with Gasteiger partial charge in [0.1, 0.15) is 0 Å². The number of hydrogen-bond acceptors (Lipinski definition) is 3. The van der Waals surface area contributed by atoms with Gasteiger partial charge in [-0.05, 0) is 32.3 Å². The van der Waals surface area contributed by atoms with Crippen LogP contribution in [-0.4, -0.2) is 30.8 Å². The summed E-state index contributed by atoms with van der Waals surface area (Å²) in [4.78, 5) is 4.58. The Morgan fingerprint density at radius 2 is 2.35 bits per heavy atom. The average molecular weight is 391 g/mol. The Kier molecular flexibility index (Phi) is 5.71. The highest BCUT2D eigenvalue weighted by molar-refractivity contribution is 14.0. The number of nitrogens with one attached hydrogen (secondary N) is 2. The second-order valence-electron chi connectivity index (χ2n) is 5.19. The molecule has 0 aliphatic carbocycles. The van der Waals surface area contributed by atoms with Crippen LogP contribution in [0.4, 0.5) is 0 Å². The van der Waals surface area contributed by atoms with Crippen LogP contribution in [0.5, 0.6) is 0 Å². The van der Waals surface area contributed by atoms with Gasteiger partial charge in [0.05, 0.1) is 37.3 Å². The van der Waals surface area contributed by atoms with Crippen LogP contribution in [0.25, 0.3) is 0 Å². The maximum absolute atomic E-state index is 5.85. The fourth-order valence-electron chi connectivity index (χ4n) is 2.84. The zero-order valence-corrected chi connectivity index (χ0v) is 14.0. The average Bonchev–Trinajstić information content (AvgIpc) is 3.13. The number of hydrogen-bond donors (Lipinski definition) is 2. The minimum atomic E-state index is 0. The summed E-state index contributed by atoms with van der Waals surface area (Å²) in [7, 11) is 0. The summed E-state index contributed by atoms with van der Waals surface area (Å²) in [5.74, 6) is 0.866. The minimum absolute atomic E-state index is 0. The molecule has 6 heteroatoms. The van der Waals surface area contributed by atoms with Crippen LogP contribution in [0.2, 0.25) is 0 Å². The van der Waals surface area contributed by atoms with Crippen LogP contribution < -0.4 is 10.6 Å². The van der Waals surface area contributed by atoms with E-state index < -0.39 is 0 Å². The van der Waals surface area contributed by atoms with Crippen LogP contribution in [0.15, 0.2) is 28.0 Å². The smallest absolute Gasteiger partial charge is 0.191 e. The summed E-state index contributed by atoms with van der Waals surface area (Å²) in [6, 6.07) is 2.34. The third-order valence-electron chi connectivity index (χ3n) is 3.77. The molecule has 3 atom stereocenters. The number of nitrogens with zero attached hydrogens (tertiary/aromatic N) is 1. The lowest BCUT2D eigenvalue weighted by atomic mass is 9.96. The normalized spacial score (nSPS) is 28.2. The van der Waals surface area contributed by atoms with Gasteiger partial charge in [-0.1, -0.05) is 0 Å². The number of fused-ring (bicyclic) bond motifs is 2. The molecule has 2 aliphatic heterocycles. The van der Waals surface area contributed by atoms with E-state index in [1.165, 1.54) is 12.8 Å². The van der Waals surface area contributed by atoms with Crippen molar-refractivity contribution in [3.05, 3.63) is 24.2 Å². The lowest BCUT2D eigenvalue weighted by Gasteiger charge is -2.22. The van der Waals surface area contributed by atoms with Gasteiger partial charge in [-0.2, -0.15) is 0 Å². The number of guanidine groups is 1. The SMILES string of the molecule is CCNC(=NCc1ccoc1)NC1CC2CCC1O2.I. The molecule has 2 bridgehead atoms. The van der Waals surface area contributed by atoms with Crippen LogP contribution >= 0.6 is 24.0 Å². The first-order chi connectivity index (χ1) is 9.35. The van der Waals surface area contributed by atoms with Crippen LogP contribution in [0.1, 0.15) is 31.7 Å². The minimum Gasteiger partial charge on any atom is -0.472 e. The number of rotatable bonds is 4. The molecule has 1 aromatic heterocycles. The molecule has 2 saturated heterocycles. The fraction of sp³-hybridized carbons (Fsp3) is 0.643. The lowest BCUT2D eigenvalue weighted by molar-refractivity contribution is 0.0992. The number of furan rings is 1. The summed E-state index contributed by atoms with van der Waals surface area (Å²) in [6.07, 6.45) is 7.71. The van der Waals surface area contributed by atoms with Crippen molar-refractivity contribution in [2.45, 2.75) is 51.0 Å². The Morgan fingerprint density at radius 1 is 1.45 bits per heavy atom. The van der Waals surface area contributed by atoms with Crippen molar-refractivity contribution in [1.29, 1.82) is 0 Å². The zero-order valence-electron chi connectivity index (χ0n) is 11.7. The second kappa shape index (κ2) is 7.31. The summed E-state index contributed by atoms with van der Waals surface area (Å²) in [5.41, 5.74) is 1.08. The van der Waals surface area contributed by atoms with Crippen molar-refractivity contribution in [2.75, 3.05) is 6.54 Å². The molecule has 0 spiro atoms. The second-order valence-corrected chi connectivity index (χ2v) is 5.19. The number of halogens is 1. The summed E-state index contributed by atoms with van der Waals surface area (Å²) >= 11 is 0. The van der Waals surface area contributed by atoms with Crippen molar-refractivity contribution >= 4 is 29.9 Å². The Morgan fingerprint density at radius 3 is 2.95 bits per heavy atom. The third-order valence-corrected chi connectivity index (χ3v) is 3.77. The van der Waals surface area contributed by atoms with Gasteiger partial charge in [-0.3, -0.25) is 0 Å². The molecule has 3 unspecified atom stereocenters. The van der Waals surface area contributed by atoms with Crippen molar-refractivity contribution in [2.24, 2.45) is 4.99 Å². The Balaban J connectivity index is 0.00000147. The summed E-state index contributed by atoms with van der Waals surface area (Å²) < 4.78 is 10.9. The molecule has 20 heavy (non-hydrogen) atoms. The molecule has 2 fully saturated rings. The van der Waals surface area contributed by atoms with E-state index in [1.54, 1.807) is 12.5 Å². The number of ether oxygens (including phenoxy) is 1. The molecule has 112 valence electrons. The fourth-order valence-corrected chi connectivity index (χ4v) is 2.84. The Bertz CT molecular complexity index is 436. The standard InChI is InChI=1S/C14H21N3O2.HI/c1-2-15-14(16-8-10-5-6-18-9-10)17-12-7-11-3-4-13(12)19-11;/h5-6,9,11-13H,2-4,7-8H2,1H3,(H2,15,16,17);1H. The summed E-state index contributed by atoms with van der Waals surface area (Å²) in [6.45, 7) is 3.57. The molecule has 0 radical (unpaired) electrons. The van der Waals surface area contributed by atoms with E-state index in [2.05, 4.69) is 22.5 Å². The van der Waals surface area contributed by atoms with E-state index >= 15 is 0 Å². The molecular formula is C14H22IN3O2. The topological polar surface area (TPSA) is 58.8 Å². The molecule has 0 aromatic carbocycles. The maximum Gasteiger partial charge on any atom is 0.191 e. The molecular weight excluding hydrogens is 369 g/mol. The van der Waals surface area contributed by atoms with Gasteiger partial charge in [0.2, 0.25) is 0 Å². The van der Waals surface area contributed by atoms with Gasteiger partial charge in [-0.15, -0.1) is 24.0 Å². The first kappa shape index (κ1) is 15.6. The molecule has 2 aliphatic rings. The van der Waals surface area contributed by atoms with E-state index in [4.69, 9.17) is 9.15 Å². The maximum atomic E-state index is 5.85. The molecule has 3 heterocycles. The van der Waals surface area contributed by atoms with Gasteiger partial charge >= 0.3 is 0 Å². The van der Waals surface area contributed by atoms with Gasteiger partial charge < -0.3 is 19.8 Å². The third kappa shape index (κ3) is 3.66. The van der Waals surface area contributed by atoms with Gasteiger partial charge in [0.15, 0.2) is 5.96 Å². The van der Waals surface area contributed by atoms with Gasteiger partial charge in [-0.25, -0.2) is 4.99 Å². The highest BCUT2D eigenvalue weighted by Crippen LogP contribution is 2.34. The summed E-state index contributed by atoms with van der Waals surface area (Å²) in [5, 5.41) is 6.78. The predicted molar refractivity (Wildman–Crippen MR) is 88.4 cm³/mol. The molecule has 3 rings (SSSR count). The Labute approximate surface area is 136 Å². The highest BCUT2D eigenvalue weighted by Gasteiger charge is 2.41. The Hall–Kier alpha value is -0.760. The molecule has 5 nitrogen and oxygen atoms in total. The van der Waals surface area contributed by atoms with E-state index in [9.17, 15) is 0 Å².